The molecular weight excluding hydrogens is 204 g/mol. The lowest BCUT2D eigenvalue weighted by Gasteiger charge is -2.08. The van der Waals surface area contributed by atoms with Gasteiger partial charge in [-0.25, -0.2) is 9.97 Å². The summed E-state index contributed by atoms with van der Waals surface area (Å²) in [6, 6.07) is 5.80. The van der Waals surface area contributed by atoms with Crippen molar-refractivity contribution in [2.45, 2.75) is 12.8 Å². The van der Waals surface area contributed by atoms with Crippen molar-refractivity contribution in [1.29, 1.82) is 0 Å². The number of aliphatic hydroxyl groups is 1. The van der Waals surface area contributed by atoms with E-state index in [2.05, 4.69) is 9.97 Å². The zero-order valence-electron chi connectivity index (χ0n) is 9.34. The van der Waals surface area contributed by atoms with Crippen molar-refractivity contribution in [3.8, 4) is 5.88 Å². The van der Waals surface area contributed by atoms with Crippen LogP contribution >= 0.6 is 0 Å². The molecule has 0 aliphatic heterocycles. The molecular formula is C12H14N2O2. The summed E-state index contributed by atoms with van der Waals surface area (Å²) >= 11 is 0. The van der Waals surface area contributed by atoms with Crippen molar-refractivity contribution in [3.63, 3.8) is 0 Å². The van der Waals surface area contributed by atoms with Gasteiger partial charge in [0.1, 0.15) is 0 Å². The molecule has 0 bridgehead atoms. The smallest absolute Gasteiger partial charge is 0.232 e. The van der Waals surface area contributed by atoms with Crippen LogP contribution < -0.4 is 4.74 Å². The van der Waals surface area contributed by atoms with Crippen LogP contribution in [0.4, 0.5) is 0 Å². The predicted octanol–water partition coefficient (Wildman–Crippen LogP) is 1.73. The Kier molecular flexibility index (Phi) is 3.01. The second kappa shape index (κ2) is 4.45. The van der Waals surface area contributed by atoms with Crippen molar-refractivity contribution in [1.82, 2.24) is 9.97 Å². The number of methoxy groups -OCH3 is 1. The van der Waals surface area contributed by atoms with E-state index in [-0.39, 0.29) is 12.5 Å². The van der Waals surface area contributed by atoms with E-state index < -0.39 is 0 Å². The summed E-state index contributed by atoms with van der Waals surface area (Å²) in [5.41, 5.74) is 2.68. The second-order valence-electron chi connectivity index (χ2n) is 3.74. The third-order valence-electron chi connectivity index (χ3n) is 2.60. The molecule has 84 valence electrons. The maximum absolute atomic E-state index is 9.09. The summed E-state index contributed by atoms with van der Waals surface area (Å²) in [6.07, 6.45) is 1.59. The van der Waals surface area contributed by atoms with Crippen LogP contribution in [-0.4, -0.2) is 28.8 Å². The van der Waals surface area contributed by atoms with Crippen molar-refractivity contribution >= 4 is 11.0 Å². The van der Waals surface area contributed by atoms with Crippen molar-refractivity contribution in [3.05, 3.63) is 30.0 Å². The van der Waals surface area contributed by atoms with Gasteiger partial charge in [-0.2, -0.15) is 0 Å². The van der Waals surface area contributed by atoms with E-state index in [1.54, 1.807) is 13.3 Å². The molecule has 4 heteroatoms. The molecule has 0 aliphatic carbocycles. The Morgan fingerprint density at radius 2 is 2.19 bits per heavy atom. The number of fused-ring (bicyclic) bond motifs is 1. The highest BCUT2D eigenvalue weighted by atomic mass is 16.5. The molecule has 1 atom stereocenters. The lowest BCUT2D eigenvalue weighted by molar-refractivity contribution is 0.273. The molecule has 0 radical (unpaired) electrons. The molecule has 1 aromatic heterocycles. The van der Waals surface area contributed by atoms with Gasteiger partial charge in [-0.1, -0.05) is 13.0 Å². The minimum absolute atomic E-state index is 0.119. The zero-order valence-corrected chi connectivity index (χ0v) is 9.34. The molecule has 0 saturated heterocycles. The number of aliphatic hydroxyl groups excluding tert-OH is 1. The van der Waals surface area contributed by atoms with Gasteiger partial charge >= 0.3 is 0 Å². The minimum Gasteiger partial charge on any atom is -0.480 e. The Morgan fingerprint density at radius 1 is 1.38 bits per heavy atom. The Hall–Kier alpha value is -1.68. The normalized spacial score (nSPS) is 12.7. The maximum Gasteiger partial charge on any atom is 0.232 e. The summed E-state index contributed by atoms with van der Waals surface area (Å²) in [4.78, 5) is 8.53. The molecule has 0 fully saturated rings. The van der Waals surface area contributed by atoms with Gasteiger partial charge in [-0.05, 0) is 17.7 Å². The number of hydrogen-bond acceptors (Lipinski definition) is 4. The van der Waals surface area contributed by atoms with Crippen molar-refractivity contribution in [2.75, 3.05) is 13.7 Å². The fraction of sp³-hybridized carbons (Fsp3) is 0.333. The van der Waals surface area contributed by atoms with Crippen LogP contribution in [0.5, 0.6) is 5.88 Å². The van der Waals surface area contributed by atoms with Crippen molar-refractivity contribution in [2.24, 2.45) is 0 Å². The summed E-state index contributed by atoms with van der Waals surface area (Å²) < 4.78 is 5.01. The average molecular weight is 218 g/mol. The number of ether oxygens (including phenoxy) is 1. The molecule has 1 heterocycles. The molecule has 2 rings (SSSR count). The van der Waals surface area contributed by atoms with E-state index in [0.717, 1.165) is 16.6 Å². The fourth-order valence-corrected chi connectivity index (χ4v) is 1.52. The van der Waals surface area contributed by atoms with E-state index in [4.69, 9.17) is 9.84 Å². The van der Waals surface area contributed by atoms with Gasteiger partial charge in [-0.3, -0.25) is 0 Å². The molecule has 0 saturated carbocycles. The van der Waals surface area contributed by atoms with Gasteiger partial charge in [0.25, 0.3) is 0 Å². The van der Waals surface area contributed by atoms with Gasteiger partial charge in [0.15, 0.2) is 0 Å². The van der Waals surface area contributed by atoms with Crippen LogP contribution in [0.2, 0.25) is 0 Å². The highest BCUT2D eigenvalue weighted by Gasteiger charge is 2.06. The summed E-state index contributed by atoms with van der Waals surface area (Å²) in [5, 5.41) is 9.09. The first kappa shape index (κ1) is 10.8. The molecule has 2 aromatic rings. The van der Waals surface area contributed by atoms with Crippen LogP contribution in [0.15, 0.2) is 24.4 Å². The average Bonchev–Trinajstić information content (AvgIpc) is 2.36. The Bertz CT molecular complexity index is 499. The van der Waals surface area contributed by atoms with Gasteiger partial charge in [0.05, 0.1) is 24.3 Å². The first-order chi connectivity index (χ1) is 7.74. The Morgan fingerprint density at radius 3 is 2.88 bits per heavy atom. The number of benzene rings is 1. The highest BCUT2D eigenvalue weighted by Crippen LogP contribution is 2.20. The largest absolute Gasteiger partial charge is 0.480 e. The quantitative estimate of drug-likeness (QED) is 0.852. The molecule has 0 aliphatic rings. The second-order valence-corrected chi connectivity index (χ2v) is 3.74. The predicted molar refractivity (Wildman–Crippen MR) is 61.6 cm³/mol. The van der Waals surface area contributed by atoms with E-state index in [1.807, 2.05) is 25.1 Å². The Labute approximate surface area is 93.9 Å². The first-order valence-electron chi connectivity index (χ1n) is 5.16. The number of nitrogens with zero attached hydrogens (tertiary/aromatic N) is 2. The van der Waals surface area contributed by atoms with Gasteiger partial charge < -0.3 is 9.84 Å². The standard InChI is InChI=1S/C12H14N2O2/c1-8(7-15)9-3-4-10-11(5-9)13-6-12(14-10)16-2/h3-6,8,15H,7H2,1-2H3. The number of aromatic nitrogens is 2. The van der Waals surface area contributed by atoms with Crippen LogP contribution in [0.25, 0.3) is 11.0 Å². The molecule has 1 aromatic carbocycles. The van der Waals surface area contributed by atoms with Crippen LogP contribution in [-0.2, 0) is 0 Å². The van der Waals surface area contributed by atoms with E-state index in [1.165, 1.54) is 0 Å². The SMILES string of the molecule is COc1cnc2cc(C(C)CO)ccc2n1. The Balaban J connectivity index is 2.47. The van der Waals surface area contributed by atoms with E-state index >= 15 is 0 Å². The molecule has 0 spiro atoms. The number of hydrogen-bond donors (Lipinski definition) is 1. The van der Waals surface area contributed by atoms with E-state index in [9.17, 15) is 0 Å². The third kappa shape index (κ3) is 1.97. The molecule has 16 heavy (non-hydrogen) atoms. The van der Waals surface area contributed by atoms with Crippen LogP contribution in [0.1, 0.15) is 18.4 Å². The monoisotopic (exact) mass is 218 g/mol. The third-order valence-corrected chi connectivity index (χ3v) is 2.60. The summed E-state index contributed by atoms with van der Waals surface area (Å²) in [7, 11) is 1.57. The molecule has 1 N–H and O–H groups in total. The van der Waals surface area contributed by atoms with Crippen LogP contribution in [0, 0.1) is 0 Å². The maximum atomic E-state index is 9.09. The summed E-state index contributed by atoms with van der Waals surface area (Å²) in [6.45, 7) is 2.10. The van der Waals surface area contributed by atoms with E-state index in [0.29, 0.717) is 5.88 Å². The molecule has 1 unspecified atom stereocenters. The highest BCUT2D eigenvalue weighted by molar-refractivity contribution is 5.75. The number of rotatable bonds is 3. The van der Waals surface area contributed by atoms with Gasteiger partial charge in [-0.15, -0.1) is 0 Å². The minimum atomic E-state index is 0.119. The zero-order chi connectivity index (χ0) is 11.5. The molecule has 0 amide bonds. The van der Waals surface area contributed by atoms with Gasteiger partial charge in [0.2, 0.25) is 5.88 Å². The lowest BCUT2D eigenvalue weighted by Crippen LogP contribution is -1.99. The topological polar surface area (TPSA) is 55.2 Å². The summed E-state index contributed by atoms with van der Waals surface area (Å²) in [5.74, 6) is 0.628. The fourth-order valence-electron chi connectivity index (χ4n) is 1.52. The van der Waals surface area contributed by atoms with Crippen molar-refractivity contribution < 1.29 is 9.84 Å². The first-order valence-corrected chi connectivity index (χ1v) is 5.16. The molecule has 4 nitrogen and oxygen atoms in total. The van der Waals surface area contributed by atoms with Crippen LogP contribution in [0.3, 0.4) is 0 Å². The lowest BCUT2D eigenvalue weighted by atomic mass is 10.0. The van der Waals surface area contributed by atoms with Gasteiger partial charge in [0, 0.05) is 12.5 Å².